The average Bonchev–Trinajstić information content (AvgIpc) is 1.48. The fourth-order valence-corrected chi connectivity index (χ4v) is 18.9. The minimum atomic E-state index is -1.12. The van der Waals surface area contributed by atoms with Gasteiger partial charge in [0.15, 0.2) is 0 Å². The maximum Gasteiger partial charge on any atom is 0.274 e. The number of aliphatic hydroxyl groups is 1. The van der Waals surface area contributed by atoms with Crippen LogP contribution in [0.5, 0.6) is 5.75 Å². The summed E-state index contributed by atoms with van der Waals surface area (Å²) in [5.74, 6) is 1.80. The lowest BCUT2D eigenvalue weighted by Crippen LogP contribution is -2.28. The van der Waals surface area contributed by atoms with Gasteiger partial charge < -0.3 is 69.4 Å². The third-order valence-corrected chi connectivity index (χ3v) is 27.5. The molecular weight excluding hydrogens is 1860 g/mol. The summed E-state index contributed by atoms with van der Waals surface area (Å²) in [6.45, 7) is 13.8. The Kier molecular flexibility index (Phi) is 33.1. The Labute approximate surface area is 869 Å². The second-order valence-electron chi connectivity index (χ2n) is 39.4. The van der Waals surface area contributed by atoms with E-state index in [1.54, 1.807) is 62.2 Å². The van der Waals surface area contributed by atoms with Crippen LogP contribution in [0.4, 0.5) is 27.1 Å². The molecule has 0 aliphatic heterocycles. The summed E-state index contributed by atoms with van der Waals surface area (Å²) >= 11 is 0. The molecule has 21 rings (SSSR count). The number of carbonyl (C=O) groups excluding carboxylic acids is 4. The first-order valence-electron chi connectivity index (χ1n) is 51.3. The predicted octanol–water partition coefficient (Wildman–Crippen LogP) is 22.3. The van der Waals surface area contributed by atoms with E-state index >= 15 is 4.39 Å². The Bertz CT molecular complexity index is 7570. The largest absolute Gasteiger partial charge is 0.496 e. The summed E-state index contributed by atoms with van der Waals surface area (Å²) in [5, 5.41) is 51.7. The molecule has 4 saturated carbocycles. The van der Waals surface area contributed by atoms with Crippen LogP contribution in [0.15, 0.2) is 334 Å². The van der Waals surface area contributed by atoms with Crippen LogP contribution in [-0.2, 0) is 36.5 Å². The van der Waals surface area contributed by atoms with Crippen LogP contribution in [0.3, 0.4) is 0 Å². The Balaban J connectivity index is 0.000000130. The highest BCUT2D eigenvalue weighted by molar-refractivity contribution is 6.06. The summed E-state index contributed by atoms with van der Waals surface area (Å²) in [5.41, 5.74) is 45.0. The van der Waals surface area contributed by atoms with Crippen LogP contribution in [0.1, 0.15) is 219 Å². The Morgan fingerprint density at radius 2 is 0.779 bits per heavy atom. The lowest BCUT2D eigenvalue weighted by molar-refractivity contribution is 0.0670. The normalized spacial score (nSPS) is 14.1. The maximum absolute atomic E-state index is 15.3. The number of aromatic nitrogens is 8. The van der Waals surface area contributed by atoms with Gasteiger partial charge in [0.05, 0.1) is 77.0 Å². The number of methoxy groups -OCH3 is 1. The third kappa shape index (κ3) is 26.3. The van der Waals surface area contributed by atoms with Gasteiger partial charge in [-0.15, -0.1) is 0 Å². The first-order chi connectivity index (χ1) is 72.5. The van der Waals surface area contributed by atoms with Gasteiger partial charge in [0.1, 0.15) is 46.0 Å². The van der Waals surface area contributed by atoms with Crippen molar-refractivity contribution >= 4 is 57.2 Å². The number of rotatable bonds is 37. The van der Waals surface area contributed by atoms with E-state index in [2.05, 4.69) is 120 Å². The number of anilines is 4. The second kappa shape index (κ2) is 47.8. The highest BCUT2D eigenvalue weighted by Crippen LogP contribution is 2.44. The molecule has 0 spiro atoms. The number of carbonyl (C=O) groups is 4. The molecule has 15 N–H and O–H groups in total. The van der Waals surface area contributed by atoms with Crippen LogP contribution in [0, 0.1) is 64.1 Å². The number of halogens is 1. The van der Waals surface area contributed by atoms with Crippen molar-refractivity contribution in [1.82, 2.24) is 49.8 Å². The molecule has 13 aromatic carbocycles. The summed E-state index contributed by atoms with van der Waals surface area (Å²) in [6.07, 6.45) is 11.4. The molecule has 0 radical (unpaired) electrons. The van der Waals surface area contributed by atoms with E-state index < -0.39 is 17.3 Å². The van der Waals surface area contributed by atoms with Crippen LogP contribution in [-0.4, -0.2) is 94.7 Å². The monoisotopic (exact) mass is 1990 g/mol. The first-order valence-corrected chi connectivity index (χ1v) is 51.3. The van der Waals surface area contributed by atoms with Crippen molar-refractivity contribution in [1.29, 1.82) is 0 Å². The summed E-state index contributed by atoms with van der Waals surface area (Å²) < 4.78 is 34.0. The van der Waals surface area contributed by atoms with Gasteiger partial charge in [0.2, 0.25) is 0 Å². The number of nitrogens with one attached hydrogen (secondary N) is 6. The quantitative estimate of drug-likeness (QED) is 0.0172. The number of ether oxygens (including phenoxy) is 2. The van der Waals surface area contributed by atoms with Crippen molar-refractivity contribution in [2.45, 2.75) is 149 Å². The first kappa shape index (κ1) is 103. The maximum atomic E-state index is 15.3. The standard InChI is InChI=1S/C34H34FN5O2.C30H33N5O.C30H32N4O2.C29H30N4O2/c1-21-16-30(40(39-21)26-8-5-6-23(17-26)19-36)34(41)38-29-18-25(12-14-28(29)35)33(37-20-22-10-11-22)32-27-9-4-3-7-24(27)13-15-31(32)42-2;1-20-6-3-8-24(14-20)29(32-19-22-12-13-22)25-9-5-10-26(17-25)33-30(36)28-15-21(2)34-35(28)27-11-4-7-23(16-27)18-31;1-21-17-28(34(33-21)27-12-5-7-23(18-27)20-31)29(35)32-26-11-6-10-25(19-26)30(36,16-15-22-13-14-22)24-8-3-2-4-9-24;1-20-15-27(33(32-20)26-12-5-7-22(16-26)18-30)29(34)31-25-11-6-10-24(17-25)28(35-19-21-13-14-21)23-8-3-2-4-9-23/h3-9,12-18,22,33,37H,10-11,19-20,36H2,1-2H3,(H,38,41);3-11,14-17,22,29,32H,12-13,18-19,31H2,1-2H3,(H,33,36);2-12,17-19,22,36H,13-16,20,31H2,1H3,(H,32,35);2-12,15-17,21,28H,13-14,18-19,30H2,1H3,(H,31,34). The molecular formula is C123H129FN18O7. The molecule has 4 unspecified atom stereocenters. The molecule has 4 heterocycles. The molecule has 4 fully saturated rings. The number of amides is 4. The van der Waals surface area contributed by atoms with Gasteiger partial charge in [0, 0.05) is 48.8 Å². The van der Waals surface area contributed by atoms with Gasteiger partial charge in [0.25, 0.3) is 23.6 Å². The molecule has 4 aromatic heterocycles. The second-order valence-corrected chi connectivity index (χ2v) is 39.4. The van der Waals surface area contributed by atoms with Crippen molar-refractivity contribution in [2.24, 2.45) is 46.6 Å². The van der Waals surface area contributed by atoms with E-state index in [0.717, 1.165) is 150 Å². The number of hydrogen-bond acceptors (Lipinski definition) is 17. The topological polar surface area (TPSA) is 355 Å². The van der Waals surface area contributed by atoms with Gasteiger partial charge in [-0.3, -0.25) is 19.2 Å². The minimum Gasteiger partial charge on any atom is -0.496 e. The fraction of sp³-hybridized carbons (Fsp3) is 0.252. The number of aryl methyl sites for hydroxylation is 5. The van der Waals surface area contributed by atoms with Crippen molar-refractivity contribution in [2.75, 3.05) is 48.1 Å². The van der Waals surface area contributed by atoms with E-state index in [1.165, 1.54) is 68.6 Å². The average molecular weight is 1990 g/mol. The highest BCUT2D eigenvalue weighted by atomic mass is 19.1. The summed E-state index contributed by atoms with van der Waals surface area (Å²) in [7, 11) is 1.66. The minimum absolute atomic E-state index is 0.0640. The molecule has 4 aliphatic carbocycles. The van der Waals surface area contributed by atoms with Gasteiger partial charge in [-0.25, -0.2) is 23.1 Å². The summed E-state index contributed by atoms with van der Waals surface area (Å²) in [4.78, 5) is 53.7. The zero-order valence-corrected chi connectivity index (χ0v) is 85.0. The molecule has 0 saturated heterocycles. The lowest BCUT2D eigenvalue weighted by atomic mass is 9.82. The van der Waals surface area contributed by atoms with E-state index in [0.29, 0.717) is 95.9 Å². The third-order valence-electron chi connectivity index (χ3n) is 27.5. The zero-order chi connectivity index (χ0) is 104. The van der Waals surface area contributed by atoms with Crippen LogP contribution in [0.25, 0.3) is 33.5 Å². The van der Waals surface area contributed by atoms with Crippen LogP contribution < -0.4 is 59.6 Å². The van der Waals surface area contributed by atoms with Gasteiger partial charge in [-0.2, -0.15) is 20.4 Å². The molecule has 17 aromatic rings. The Hall–Kier alpha value is -15.8. The predicted molar refractivity (Wildman–Crippen MR) is 587 cm³/mol. The van der Waals surface area contributed by atoms with E-state index in [1.807, 2.05) is 258 Å². The number of hydrogen-bond donors (Lipinski definition) is 11. The van der Waals surface area contributed by atoms with E-state index in [4.69, 9.17) is 32.4 Å². The van der Waals surface area contributed by atoms with E-state index in [-0.39, 0.29) is 41.6 Å². The number of benzene rings is 13. The zero-order valence-electron chi connectivity index (χ0n) is 85.0. The number of nitrogens with zero attached hydrogens (tertiary/aromatic N) is 8. The molecule has 149 heavy (non-hydrogen) atoms. The van der Waals surface area contributed by atoms with E-state index in [9.17, 15) is 24.3 Å². The fourth-order valence-electron chi connectivity index (χ4n) is 18.9. The smallest absolute Gasteiger partial charge is 0.274 e. The molecule has 4 amide bonds. The molecule has 25 nitrogen and oxygen atoms in total. The Morgan fingerprint density at radius 3 is 1.25 bits per heavy atom. The van der Waals surface area contributed by atoms with Crippen molar-refractivity contribution in [3.8, 4) is 28.5 Å². The van der Waals surface area contributed by atoms with Gasteiger partial charge >= 0.3 is 0 Å². The van der Waals surface area contributed by atoms with Crippen molar-refractivity contribution in [3.63, 3.8) is 0 Å². The number of nitrogens with two attached hydrogens (primary N) is 4. The molecule has 760 valence electrons. The Morgan fingerprint density at radius 1 is 0.383 bits per heavy atom. The van der Waals surface area contributed by atoms with Gasteiger partial charge in [-0.1, -0.05) is 225 Å². The lowest BCUT2D eigenvalue weighted by Gasteiger charge is -2.30. The van der Waals surface area contributed by atoms with Gasteiger partial charge in [-0.05, 0) is 322 Å². The van der Waals surface area contributed by atoms with Crippen LogP contribution in [0.2, 0.25) is 0 Å². The molecule has 26 heteroatoms. The SMILES string of the molecule is COc1ccc2ccccc2c1C(NCC1CC1)c1ccc(F)c(NC(=O)c2cc(C)nn2-c2cccc(CN)c2)c1.Cc1cc(C(=O)Nc2cccc(C(O)(CCC3CC3)c3ccccc3)c2)n(-c2cccc(CN)c2)n1.Cc1cc(C(=O)Nc2cccc(C(OCC3CC3)c3ccccc3)c2)n(-c2cccc(CN)c2)n1.Cc1cccc(C(NCC2CC2)c2cccc(NC(=O)c3cc(C)nn3-c3cccc(CN)c3)c2)c1. The molecule has 4 aliphatic rings. The van der Waals surface area contributed by atoms with Crippen LogP contribution >= 0.6 is 0 Å². The van der Waals surface area contributed by atoms with Crippen molar-refractivity contribution in [3.05, 3.63) is 457 Å². The summed E-state index contributed by atoms with van der Waals surface area (Å²) in [6, 6.07) is 107. The van der Waals surface area contributed by atoms with Crippen molar-refractivity contribution < 1.29 is 38.1 Å². The molecule has 0 bridgehead atoms. The highest BCUT2D eigenvalue weighted by Gasteiger charge is 2.36. The molecule has 4 atom stereocenters. The number of fused-ring (bicyclic) bond motifs is 1.